The van der Waals surface area contributed by atoms with E-state index in [4.69, 9.17) is 24.4 Å². The Labute approximate surface area is 130 Å². The van der Waals surface area contributed by atoms with Crippen LogP contribution >= 0.6 is 12.4 Å². The molecule has 0 radical (unpaired) electrons. The molecule has 0 aromatic heterocycles. The van der Waals surface area contributed by atoms with Gasteiger partial charge in [-0.15, -0.1) is 12.4 Å². The molecule has 7 heteroatoms. The zero-order valence-electron chi connectivity index (χ0n) is 12.3. The van der Waals surface area contributed by atoms with Gasteiger partial charge in [-0.25, -0.2) is 0 Å². The lowest BCUT2D eigenvalue weighted by atomic mass is 10.2. The minimum Gasteiger partial charge on any atom is -0.504 e. The molecular formula is C14H22ClNO5. The summed E-state index contributed by atoms with van der Waals surface area (Å²) in [5, 5.41) is 17.7. The van der Waals surface area contributed by atoms with Gasteiger partial charge >= 0.3 is 0 Å². The van der Waals surface area contributed by atoms with E-state index in [1.54, 1.807) is 32.2 Å². The fourth-order valence-corrected chi connectivity index (χ4v) is 1.50. The summed E-state index contributed by atoms with van der Waals surface area (Å²) in [5.41, 5.74) is 0.310. The van der Waals surface area contributed by atoms with Crippen LogP contribution in [-0.2, 0) is 14.2 Å². The van der Waals surface area contributed by atoms with Crippen LogP contribution in [0.3, 0.4) is 0 Å². The van der Waals surface area contributed by atoms with E-state index in [0.717, 1.165) is 0 Å². The largest absolute Gasteiger partial charge is 0.504 e. The van der Waals surface area contributed by atoms with Crippen molar-refractivity contribution in [3.63, 3.8) is 0 Å². The topological polar surface area (TPSA) is 81.0 Å². The number of benzene rings is 1. The first-order valence-corrected chi connectivity index (χ1v) is 6.43. The lowest BCUT2D eigenvalue weighted by molar-refractivity contribution is 0.0540. The summed E-state index contributed by atoms with van der Waals surface area (Å²) in [5.74, 6) is 0.136. The number of phenols is 1. The number of nitrogens with one attached hydrogen (secondary N) is 1. The first kappa shape index (κ1) is 19.5. The monoisotopic (exact) mass is 319 g/mol. The first-order chi connectivity index (χ1) is 9.70. The Kier molecular flexibility index (Phi) is 10.4. The van der Waals surface area contributed by atoms with Gasteiger partial charge < -0.3 is 24.1 Å². The highest BCUT2D eigenvalue weighted by molar-refractivity contribution is 5.95. The smallest absolute Gasteiger partial charge is 0.217 e. The Bertz CT molecular complexity index is 428. The Balaban J connectivity index is 0.00000400. The summed E-state index contributed by atoms with van der Waals surface area (Å²) in [7, 11) is 1.61. The van der Waals surface area contributed by atoms with Crippen LogP contribution in [0, 0.1) is 5.41 Å². The van der Waals surface area contributed by atoms with Gasteiger partial charge in [0, 0.05) is 7.11 Å². The fourth-order valence-electron chi connectivity index (χ4n) is 1.50. The van der Waals surface area contributed by atoms with Gasteiger partial charge in [0.2, 0.25) is 5.90 Å². The fraction of sp³-hybridized carbons (Fsp3) is 0.500. The molecule has 1 aromatic carbocycles. The number of para-hydroxylation sites is 1. The number of hydrogen-bond acceptors (Lipinski definition) is 6. The summed E-state index contributed by atoms with van der Waals surface area (Å²) in [6.45, 7) is 3.89. The quantitative estimate of drug-likeness (QED) is 0.414. The molecule has 21 heavy (non-hydrogen) atoms. The van der Waals surface area contributed by atoms with Gasteiger partial charge in [0.15, 0.2) is 11.5 Å². The Morgan fingerprint density at radius 1 is 1.19 bits per heavy atom. The minimum absolute atomic E-state index is 0. The second-order valence-electron chi connectivity index (χ2n) is 3.87. The van der Waals surface area contributed by atoms with Gasteiger partial charge in [-0.2, -0.15) is 0 Å². The molecule has 0 heterocycles. The molecule has 2 N–H and O–H groups in total. The predicted molar refractivity (Wildman–Crippen MR) is 82.0 cm³/mol. The second kappa shape index (κ2) is 11.2. The molecule has 0 aliphatic carbocycles. The number of ether oxygens (including phenoxy) is 4. The average molecular weight is 320 g/mol. The van der Waals surface area contributed by atoms with E-state index in [-0.39, 0.29) is 24.1 Å². The van der Waals surface area contributed by atoms with Crippen molar-refractivity contribution in [3.8, 4) is 11.5 Å². The lowest BCUT2D eigenvalue weighted by Gasteiger charge is -2.12. The molecule has 1 aromatic rings. The normalized spacial score (nSPS) is 9.81. The standard InChI is InChI=1S/C14H21NO5.ClH/c1-3-19-14(15)11-5-4-6-12(13(11)16)20-10-9-18-8-7-17-2;/h4-6,15-16H,3,7-10H2,1-2H3;1H. The summed E-state index contributed by atoms with van der Waals surface area (Å²) in [4.78, 5) is 0. The molecule has 0 saturated carbocycles. The number of halogens is 1. The van der Waals surface area contributed by atoms with Crippen molar-refractivity contribution in [2.75, 3.05) is 40.1 Å². The molecule has 0 atom stereocenters. The Morgan fingerprint density at radius 3 is 2.57 bits per heavy atom. The zero-order chi connectivity index (χ0) is 14.8. The molecule has 0 spiro atoms. The van der Waals surface area contributed by atoms with E-state index in [2.05, 4.69) is 0 Å². The molecule has 0 fully saturated rings. The third-order valence-corrected chi connectivity index (χ3v) is 2.45. The SMILES string of the molecule is CCOC(=N)c1cccc(OCCOCCOC)c1O.Cl. The van der Waals surface area contributed by atoms with Gasteiger partial charge in [-0.05, 0) is 19.1 Å². The van der Waals surface area contributed by atoms with Crippen LogP contribution in [-0.4, -0.2) is 51.1 Å². The van der Waals surface area contributed by atoms with E-state index in [0.29, 0.717) is 44.3 Å². The minimum atomic E-state index is -0.0946. The second-order valence-corrected chi connectivity index (χ2v) is 3.87. The van der Waals surface area contributed by atoms with Crippen LogP contribution in [0.1, 0.15) is 12.5 Å². The number of hydrogen-bond donors (Lipinski definition) is 2. The van der Waals surface area contributed by atoms with Crippen LogP contribution in [0.25, 0.3) is 0 Å². The van der Waals surface area contributed by atoms with Crippen molar-refractivity contribution < 1.29 is 24.1 Å². The molecule has 0 saturated heterocycles. The highest BCUT2D eigenvalue weighted by atomic mass is 35.5. The molecule has 0 amide bonds. The van der Waals surface area contributed by atoms with E-state index in [9.17, 15) is 5.11 Å². The van der Waals surface area contributed by atoms with Crippen molar-refractivity contribution >= 4 is 18.3 Å². The molecule has 6 nitrogen and oxygen atoms in total. The van der Waals surface area contributed by atoms with Crippen LogP contribution in [0.2, 0.25) is 0 Å². The van der Waals surface area contributed by atoms with Gasteiger partial charge in [0.25, 0.3) is 0 Å². The van der Waals surface area contributed by atoms with Crippen LogP contribution < -0.4 is 4.74 Å². The molecule has 0 bridgehead atoms. The van der Waals surface area contributed by atoms with Crippen molar-refractivity contribution in [1.29, 1.82) is 5.41 Å². The average Bonchev–Trinajstić information content (AvgIpc) is 2.44. The van der Waals surface area contributed by atoms with Gasteiger partial charge in [-0.3, -0.25) is 5.41 Å². The maximum atomic E-state index is 10.0. The van der Waals surface area contributed by atoms with Crippen LogP contribution in [0.5, 0.6) is 11.5 Å². The van der Waals surface area contributed by atoms with E-state index in [1.807, 2.05) is 0 Å². The Hall–Kier alpha value is -1.50. The van der Waals surface area contributed by atoms with Crippen molar-refractivity contribution in [3.05, 3.63) is 23.8 Å². The molecular weight excluding hydrogens is 298 g/mol. The summed E-state index contributed by atoms with van der Waals surface area (Å²) in [6, 6.07) is 4.94. The maximum absolute atomic E-state index is 10.0. The predicted octanol–water partition coefficient (Wildman–Crippen LogP) is 2.22. The van der Waals surface area contributed by atoms with E-state index in [1.165, 1.54) is 0 Å². The van der Waals surface area contributed by atoms with Crippen LogP contribution in [0.15, 0.2) is 18.2 Å². The highest BCUT2D eigenvalue weighted by Crippen LogP contribution is 2.30. The Morgan fingerprint density at radius 2 is 1.90 bits per heavy atom. The molecule has 0 aliphatic heterocycles. The number of methoxy groups -OCH3 is 1. The molecule has 0 unspecified atom stereocenters. The third-order valence-electron chi connectivity index (χ3n) is 2.45. The number of aromatic hydroxyl groups is 1. The highest BCUT2D eigenvalue weighted by Gasteiger charge is 2.13. The first-order valence-electron chi connectivity index (χ1n) is 6.43. The zero-order valence-corrected chi connectivity index (χ0v) is 13.1. The van der Waals surface area contributed by atoms with Gasteiger partial charge in [0.05, 0.1) is 32.0 Å². The number of rotatable bonds is 9. The number of phenolic OH excluding ortho intramolecular Hbond substituents is 1. The third kappa shape index (κ3) is 6.66. The van der Waals surface area contributed by atoms with Crippen LogP contribution in [0.4, 0.5) is 0 Å². The lowest BCUT2D eigenvalue weighted by Crippen LogP contribution is -2.11. The maximum Gasteiger partial charge on any atom is 0.217 e. The molecule has 0 aliphatic rings. The van der Waals surface area contributed by atoms with E-state index < -0.39 is 0 Å². The van der Waals surface area contributed by atoms with Crippen molar-refractivity contribution in [2.45, 2.75) is 6.92 Å². The summed E-state index contributed by atoms with van der Waals surface area (Å²) in [6.07, 6.45) is 0. The molecule has 120 valence electrons. The summed E-state index contributed by atoms with van der Waals surface area (Å²) >= 11 is 0. The van der Waals surface area contributed by atoms with Crippen molar-refractivity contribution in [1.82, 2.24) is 0 Å². The van der Waals surface area contributed by atoms with Crippen molar-refractivity contribution in [2.24, 2.45) is 0 Å². The van der Waals surface area contributed by atoms with E-state index >= 15 is 0 Å². The van der Waals surface area contributed by atoms with Gasteiger partial charge in [0.1, 0.15) is 6.61 Å². The molecule has 1 rings (SSSR count). The van der Waals surface area contributed by atoms with Gasteiger partial charge in [-0.1, -0.05) is 6.07 Å². The summed E-state index contributed by atoms with van der Waals surface area (Å²) < 4.78 is 20.6.